The van der Waals surface area contributed by atoms with Crippen LogP contribution in [0.25, 0.3) is 10.8 Å². The number of hydrogen-bond acceptors (Lipinski definition) is 4. The molecule has 2 rings (SSSR count). The fourth-order valence-corrected chi connectivity index (χ4v) is 1.60. The van der Waals surface area contributed by atoms with E-state index in [0.717, 1.165) is 10.8 Å². The van der Waals surface area contributed by atoms with Crippen molar-refractivity contribution in [2.24, 2.45) is 0 Å². The Labute approximate surface area is 108 Å². The van der Waals surface area contributed by atoms with Crippen molar-refractivity contribution >= 4 is 28.3 Å². The Kier molecular flexibility index (Phi) is 3.64. The van der Waals surface area contributed by atoms with Gasteiger partial charge in [-0.25, -0.2) is 9.78 Å². The fraction of sp³-hybridized carbons (Fsp3) is 0.167. The highest BCUT2D eigenvalue weighted by atomic mass is 35.5. The lowest BCUT2D eigenvalue weighted by atomic mass is 10.2. The van der Waals surface area contributed by atoms with Crippen molar-refractivity contribution in [3.63, 3.8) is 0 Å². The van der Waals surface area contributed by atoms with Gasteiger partial charge in [0.05, 0.1) is 0 Å². The largest absolute Gasteiger partial charge is 0.490 e. The Morgan fingerprint density at radius 2 is 2.17 bits per heavy atom. The van der Waals surface area contributed by atoms with Crippen molar-refractivity contribution in [1.29, 1.82) is 0 Å². The van der Waals surface area contributed by atoms with Gasteiger partial charge in [-0.05, 0) is 23.6 Å². The Morgan fingerprint density at radius 1 is 1.39 bits per heavy atom. The first-order valence-corrected chi connectivity index (χ1v) is 5.53. The number of carboxylic acids is 1. The smallest absolute Gasteiger partial charge is 0.336 e. The van der Waals surface area contributed by atoms with Crippen LogP contribution in [0.2, 0.25) is 5.15 Å². The Bertz CT molecular complexity index is 587. The van der Waals surface area contributed by atoms with E-state index in [4.69, 9.17) is 26.6 Å². The third-order valence-electron chi connectivity index (χ3n) is 2.35. The highest BCUT2D eigenvalue weighted by Gasteiger charge is 2.13. The summed E-state index contributed by atoms with van der Waals surface area (Å²) in [4.78, 5) is 14.4. The Hall–Kier alpha value is -1.85. The highest BCUT2D eigenvalue weighted by Crippen LogP contribution is 2.22. The maximum absolute atomic E-state index is 10.4. The molecule has 0 aliphatic carbocycles. The lowest BCUT2D eigenvalue weighted by molar-refractivity contribution is -0.148. The number of aromatic nitrogens is 1. The minimum Gasteiger partial charge on any atom is -0.490 e. The van der Waals surface area contributed by atoms with Crippen LogP contribution in [0.5, 0.6) is 5.75 Å². The number of halogens is 1. The molecule has 18 heavy (non-hydrogen) atoms. The van der Waals surface area contributed by atoms with E-state index < -0.39 is 12.1 Å². The molecule has 94 valence electrons. The summed E-state index contributed by atoms with van der Waals surface area (Å²) in [6.45, 7) is -0.304. The minimum atomic E-state index is -1.54. The number of aliphatic carboxylic acids is 1. The number of aliphatic hydroxyl groups is 1. The van der Waals surface area contributed by atoms with E-state index in [9.17, 15) is 4.79 Å². The number of pyridine rings is 1. The van der Waals surface area contributed by atoms with Gasteiger partial charge in [-0.3, -0.25) is 0 Å². The van der Waals surface area contributed by atoms with E-state index >= 15 is 0 Å². The Balaban J connectivity index is 2.15. The number of aliphatic hydroxyl groups excluding tert-OH is 1. The number of carboxylic acid groups (broad SMARTS) is 1. The van der Waals surface area contributed by atoms with Gasteiger partial charge in [0.2, 0.25) is 0 Å². The van der Waals surface area contributed by atoms with Gasteiger partial charge in [-0.2, -0.15) is 0 Å². The van der Waals surface area contributed by atoms with Crippen LogP contribution < -0.4 is 4.74 Å². The molecule has 0 aliphatic heterocycles. The van der Waals surface area contributed by atoms with E-state index in [2.05, 4.69) is 4.98 Å². The van der Waals surface area contributed by atoms with Gasteiger partial charge in [0, 0.05) is 11.6 Å². The first kappa shape index (κ1) is 12.6. The lowest BCUT2D eigenvalue weighted by Crippen LogP contribution is -2.26. The third-order valence-corrected chi connectivity index (χ3v) is 2.56. The van der Waals surface area contributed by atoms with Crippen molar-refractivity contribution in [2.75, 3.05) is 6.61 Å². The Morgan fingerprint density at radius 3 is 2.89 bits per heavy atom. The van der Waals surface area contributed by atoms with Crippen LogP contribution in [-0.2, 0) is 4.79 Å². The summed E-state index contributed by atoms with van der Waals surface area (Å²) >= 11 is 5.76. The van der Waals surface area contributed by atoms with E-state index in [0.29, 0.717) is 10.9 Å². The molecule has 1 atom stereocenters. The summed E-state index contributed by atoms with van der Waals surface area (Å²) in [5, 5.41) is 19.7. The second kappa shape index (κ2) is 5.20. The van der Waals surface area contributed by atoms with Crippen LogP contribution in [0, 0.1) is 0 Å². The molecule has 0 amide bonds. The molecular formula is C12H10ClNO4. The lowest BCUT2D eigenvalue weighted by Gasteiger charge is -2.09. The van der Waals surface area contributed by atoms with Gasteiger partial charge in [0.25, 0.3) is 0 Å². The molecule has 6 heteroatoms. The SMILES string of the molecule is O=C(O)[C@H](O)COc1ccc2cc(Cl)ncc2c1. The zero-order valence-electron chi connectivity index (χ0n) is 9.21. The predicted octanol–water partition coefficient (Wildman–Crippen LogP) is 1.71. The molecule has 0 spiro atoms. The summed E-state index contributed by atoms with van der Waals surface area (Å²) < 4.78 is 5.18. The number of carbonyl (C=O) groups is 1. The molecule has 1 aromatic heterocycles. The zero-order chi connectivity index (χ0) is 13.1. The van der Waals surface area contributed by atoms with Crippen molar-refractivity contribution in [1.82, 2.24) is 4.98 Å². The average molecular weight is 268 g/mol. The molecule has 2 aromatic rings. The monoisotopic (exact) mass is 267 g/mol. The zero-order valence-corrected chi connectivity index (χ0v) is 9.96. The summed E-state index contributed by atoms with van der Waals surface area (Å²) in [5.74, 6) is -0.851. The van der Waals surface area contributed by atoms with Crippen molar-refractivity contribution in [3.05, 3.63) is 35.6 Å². The number of nitrogens with zero attached hydrogens (tertiary/aromatic N) is 1. The second-order valence-corrected chi connectivity index (χ2v) is 4.07. The molecule has 2 N–H and O–H groups in total. The molecule has 0 bridgehead atoms. The van der Waals surface area contributed by atoms with Gasteiger partial charge >= 0.3 is 5.97 Å². The third kappa shape index (κ3) is 2.88. The summed E-state index contributed by atoms with van der Waals surface area (Å²) in [6, 6.07) is 6.87. The van der Waals surface area contributed by atoms with Crippen molar-refractivity contribution in [2.45, 2.75) is 6.10 Å². The molecule has 1 aromatic carbocycles. The van der Waals surface area contributed by atoms with Crippen molar-refractivity contribution in [3.8, 4) is 5.75 Å². The molecule has 0 fully saturated rings. The van der Waals surface area contributed by atoms with E-state index in [1.54, 1.807) is 30.5 Å². The number of hydrogen-bond donors (Lipinski definition) is 2. The van der Waals surface area contributed by atoms with Gasteiger partial charge in [0.1, 0.15) is 17.5 Å². The van der Waals surface area contributed by atoms with E-state index in [-0.39, 0.29) is 6.61 Å². The van der Waals surface area contributed by atoms with E-state index in [1.807, 2.05) is 0 Å². The number of fused-ring (bicyclic) bond motifs is 1. The molecule has 0 aliphatic rings. The first-order chi connectivity index (χ1) is 8.56. The minimum absolute atomic E-state index is 0.304. The molecule has 0 unspecified atom stereocenters. The van der Waals surface area contributed by atoms with Crippen LogP contribution >= 0.6 is 11.6 Å². The molecule has 0 saturated heterocycles. The maximum atomic E-state index is 10.4. The van der Waals surface area contributed by atoms with Crippen LogP contribution in [0.1, 0.15) is 0 Å². The van der Waals surface area contributed by atoms with E-state index in [1.165, 1.54) is 0 Å². The average Bonchev–Trinajstić information content (AvgIpc) is 2.35. The van der Waals surface area contributed by atoms with Crippen LogP contribution in [0.15, 0.2) is 30.5 Å². The standard InChI is InChI=1S/C12H10ClNO4/c13-11-4-7-1-2-9(3-8(7)5-14-11)18-6-10(15)12(16)17/h1-5,10,15H,6H2,(H,16,17)/t10-/m1/s1. The first-order valence-electron chi connectivity index (χ1n) is 5.15. The molecule has 5 nitrogen and oxygen atoms in total. The molecular weight excluding hydrogens is 258 g/mol. The predicted molar refractivity (Wildman–Crippen MR) is 65.9 cm³/mol. The number of rotatable bonds is 4. The second-order valence-electron chi connectivity index (χ2n) is 3.68. The number of ether oxygens (including phenoxy) is 1. The highest BCUT2D eigenvalue weighted by molar-refractivity contribution is 6.30. The van der Waals surface area contributed by atoms with Gasteiger partial charge < -0.3 is 14.9 Å². The normalized spacial score (nSPS) is 12.3. The summed E-state index contributed by atoms with van der Waals surface area (Å²) in [7, 11) is 0. The fourth-order valence-electron chi connectivity index (χ4n) is 1.43. The number of benzene rings is 1. The summed E-state index contributed by atoms with van der Waals surface area (Å²) in [5.41, 5.74) is 0. The quantitative estimate of drug-likeness (QED) is 0.825. The van der Waals surface area contributed by atoms with Crippen LogP contribution in [0.4, 0.5) is 0 Å². The van der Waals surface area contributed by atoms with Gasteiger partial charge in [0.15, 0.2) is 6.10 Å². The molecule has 1 heterocycles. The topological polar surface area (TPSA) is 79.7 Å². The van der Waals surface area contributed by atoms with Gasteiger partial charge in [-0.1, -0.05) is 17.7 Å². The maximum Gasteiger partial charge on any atom is 0.336 e. The van der Waals surface area contributed by atoms with Crippen LogP contribution in [-0.4, -0.2) is 33.9 Å². The van der Waals surface area contributed by atoms with Crippen LogP contribution in [0.3, 0.4) is 0 Å². The summed E-state index contributed by atoms with van der Waals surface area (Å²) in [6.07, 6.45) is 0.0575. The van der Waals surface area contributed by atoms with Gasteiger partial charge in [-0.15, -0.1) is 0 Å². The van der Waals surface area contributed by atoms with Crippen molar-refractivity contribution < 1.29 is 19.7 Å². The molecule has 0 radical (unpaired) electrons. The molecule has 0 saturated carbocycles.